The number of nitrogens with zero attached hydrogens (tertiary/aromatic N) is 3. The van der Waals surface area contributed by atoms with Crippen LogP contribution in [0.1, 0.15) is 18.0 Å². The summed E-state index contributed by atoms with van der Waals surface area (Å²) in [6, 6.07) is 42.5. The Kier molecular flexibility index (Phi) is 4.44. The van der Waals surface area contributed by atoms with Gasteiger partial charge in [0.1, 0.15) is 0 Å². The molecule has 40 heavy (non-hydrogen) atoms. The number of benzene rings is 5. The minimum atomic E-state index is 0.165. The normalized spacial score (nSPS) is 15.4. The lowest BCUT2D eigenvalue weighted by molar-refractivity contribution is 0.740. The van der Waals surface area contributed by atoms with Crippen LogP contribution in [0.15, 0.2) is 132 Å². The van der Waals surface area contributed by atoms with E-state index >= 15 is 0 Å². The summed E-state index contributed by atoms with van der Waals surface area (Å²) in [6.07, 6.45) is 7.09. The molecule has 5 aromatic carbocycles. The highest BCUT2D eigenvalue weighted by Crippen LogP contribution is 2.42. The molecule has 1 aliphatic rings. The number of hydrogen-bond acceptors (Lipinski definition) is 1. The van der Waals surface area contributed by atoms with Gasteiger partial charge in [0.05, 0.1) is 33.6 Å². The van der Waals surface area contributed by atoms with Crippen LogP contribution in [-0.4, -0.2) is 15.2 Å². The summed E-state index contributed by atoms with van der Waals surface area (Å²) in [4.78, 5) is 4.75. The number of hydrogen-bond donors (Lipinski definition) is 0. The highest BCUT2D eigenvalue weighted by molar-refractivity contribution is 6.30. The van der Waals surface area contributed by atoms with Crippen molar-refractivity contribution in [3.63, 3.8) is 0 Å². The first-order valence-electron chi connectivity index (χ1n) is 13.9. The van der Waals surface area contributed by atoms with E-state index in [4.69, 9.17) is 4.99 Å². The molecule has 1 atom stereocenters. The largest absolute Gasteiger partial charge is 0.309 e. The van der Waals surface area contributed by atoms with Crippen LogP contribution in [0.3, 0.4) is 0 Å². The Balaban J connectivity index is 1.46. The van der Waals surface area contributed by atoms with Gasteiger partial charge in [-0.15, -0.1) is 0 Å². The van der Waals surface area contributed by atoms with E-state index in [-0.39, 0.29) is 6.04 Å². The van der Waals surface area contributed by atoms with Crippen molar-refractivity contribution in [2.24, 2.45) is 4.99 Å². The zero-order chi connectivity index (χ0) is 26.2. The predicted octanol–water partition coefficient (Wildman–Crippen LogP) is 9.57. The van der Waals surface area contributed by atoms with Crippen molar-refractivity contribution in [3.8, 4) is 5.69 Å². The molecular weight excluding hydrogens is 486 g/mol. The summed E-state index contributed by atoms with van der Waals surface area (Å²) >= 11 is 0. The number of aliphatic imine (C=N–C) groups is 1. The molecule has 4 heterocycles. The van der Waals surface area contributed by atoms with E-state index in [0.29, 0.717) is 0 Å². The average molecular weight is 512 g/mol. The third kappa shape index (κ3) is 2.92. The quantitative estimate of drug-likeness (QED) is 0.206. The van der Waals surface area contributed by atoms with E-state index in [1.54, 1.807) is 0 Å². The maximum absolute atomic E-state index is 4.75. The molecular formula is C37H25N3. The summed E-state index contributed by atoms with van der Waals surface area (Å²) in [5, 5.41) is 7.70. The molecule has 9 rings (SSSR count). The summed E-state index contributed by atoms with van der Waals surface area (Å²) in [6.45, 7) is 0. The van der Waals surface area contributed by atoms with Crippen LogP contribution < -0.4 is 0 Å². The van der Waals surface area contributed by atoms with Crippen LogP contribution in [0.2, 0.25) is 0 Å². The first-order chi connectivity index (χ1) is 19.9. The Morgan fingerprint density at radius 2 is 1.32 bits per heavy atom. The third-order valence-corrected chi connectivity index (χ3v) is 8.60. The van der Waals surface area contributed by atoms with Gasteiger partial charge in [0.2, 0.25) is 0 Å². The highest BCUT2D eigenvalue weighted by Gasteiger charge is 2.20. The van der Waals surface area contributed by atoms with Crippen molar-refractivity contribution in [1.82, 2.24) is 8.97 Å². The monoisotopic (exact) mass is 511 g/mol. The summed E-state index contributed by atoms with van der Waals surface area (Å²) in [5.41, 5.74) is 8.59. The molecule has 0 amide bonds. The highest BCUT2D eigenvalue weighted by atomic mass is 15.0. The van der Waals surface area contributed by atoms with Crippen LogP contribution in [0.4, 0.5) is 0 Å². The smallest absolute Gasteiger partial charge is 0.0784 e. The third-order valence-electron chi connectivity index (χ3n) is 8.60. The van der Waals surface area contributed by atoms with Gasteiger partial charge < -0.3 is 8.97 Å². The minimum Gasteiger partial charge on any atom is -0.309 e. The molecule has 3 heteroatoms. The molecule has 0 fully saturated rings. The van der Waals surface area contributed by atoms with E-state index in [1.807, 2.05) is 12.3 Å². The minimum absolute atomic E-state index is 0.165. The summed E-state index contributed by atoms with van der Waals surface area (Å²) in [7, 11) is 0. The van der Waals surface area contributed by atoms with E-state index in [2.05, 4.69) is 130 Å². The Labute approximate surface area is 230 Å². The topological polar surface area (TPSA) is 21.7 Å². The van der Waals surface area contributed by atoms with Gasteiger partial charge in [-0.1, -0.05) is 78.9 Å². The first kappa shape index (κ1) is 21.7. The Morgan fingerprint density at radius 1 is 0.575 bits per heavy atom. The van der Waals surface area contributed by atoms with Gasteiger partial charge in [-0.2, -0.15) is 0 Å². The lowest BCUT2D eigenvalue weighted by Gasteiger charge is -2.16. The van der Waals surface area contributed by atoms with Gasteiger partial charge in [-0.05, 0) is 65.9 Å². The molecule has 0 radical (unpaired) electrons. The van der Waals surface area contributed by atoms with Crippen molar-refractivity contribution in [2.45, 2.75) is 12.5 Å². The second-order valence-corrected chi connectivity index (χ2v) is 10.7. The molecule has 3 nitrogen and oxygen atoms in total. The van der Waals surface area contributed by atoms with E-state index < -0.39 is 0 Å². The fourth-order valence-corrected chi connectivity index (χ4v) is 6.90. The van der Waals surface area contributed by atoms with Gasteiger partial charge in [0, 0.05) is 38.8 Å². The van der Waals surface area contributed by atoms with Crippen molar-refractivity contribution >= 4 is 66.1 Å². The molecule has 3 aromatic heterocycles. The molecule has 1 aliphatic heterocycles. The molecule has 0 aliphatic carbocycles. The van der Waals surface area contributed by atoms with Crippen molar-refractivity contribution in [3.05, 3.63) is 133 Å². The maximum atomic E-state index is 4.75. The van der Waals surface area contributed by atoms with E-state index in [1.165, 1.54) is 71.2 Å². The van der Waals surface area contributed by atoms with Crippen LogP contribution in [-0.2, 0) is 0 Å². The zero-order valence-corrected chi connectivity index (χ0v) is 21.8. The summed E-state index contributed by atoms with van der Waals surface area (Å²) < 4.78 is 4.89. The lowest BCUT2D eigenvalue weighted by atomic mass is 10.00. The first-order valence-corrected chi connectivity index (χ1v) is 13.9. The van der Waals surface area contributed by atoms with E-state index in [9.17, 15) is 0 Å². The SMILES string of the molecule is C1=CCC(c2cccc(-n3c4ccccc4c4c5c6ccccc6c6cc7ccccc7n6c5ccc43)c2)N=C1. The fraction of sp³-hybridized carbons (Fsp3) is 0.0541. The van der Waals surface area contributed by atoms with Crippen LogP contribution in [0.5, 0.6) is 0 Å². The molecule has 8 aromatic rings. The van der Waals surface area contributed by atoms with E-state index in [0.717, 1.165) is 6.42 Å². The van der Waals surface area contributed by atoms with Crippen molar-refractivity contribution < 1.29 is 0 Å². The van der Waals surface area contributed by atoms with Gasteiger partial charge in [-0.25, -0.2) is 0 Å². The number of fused-ring (bicyclic) bond motifs is 12. The Morgan fingerprint density at radius 3 is 2.20 bits per heavy atom. The lowest BCUT2D eigenvalue weighted by Crippen LogP contribution is -2.00. The standard InChI is InChI=1S/C37H25N3/c1-5-17-31-25(10-1)23-35-27-13-2-3-14-28(27)36-34(40(31)35)20-19-33-37(36)29-15-4-6-18-32(29)39(33)26-12-9-11-24(22-26)30-16-7-8-21-38-30/h1-15,17-23,30H,16H2. The maximum Gasteiger partial charge on any atom is 0.0784 e. The number of allylic oxidation sites excluding steroid dienone is 1. The number of para-hydroxylation sites is 2. The predicted molar refractivity (Wildman–Crippen MR) is 169 cm³/mol. The Hall–Kier alpha value is -5.15. The Bertz CT molecular complexity index is 2360. The molecule has 0 saturated heterocycles. The average Bonchev–Trinajstić information content (AvgIpc) is 3.58. The molecule has 0 spiro atoms. The number of dihydropyridines is 1. The van der Waals surface area contributed by atoms with Crippen molar-refractivity contribution in [1.29, 1.82) is 0 Å². The number of aromatic nitrogens is 2. The van der Waals surface area contributed by atoms with Gasteiger partial charge in [0.25, 0.3) is 0 Å². The van der Waals surface area contributed by atoms with Gasteiger partial charge in [0.15, 0.2) is 0 Å². The van der Waals surface area contributed by atoms with Crippen LogP contribution in [0.25, 0.3) is 65.6 Å². The second kappa shape index (κ2) is 8.17. The van der Waals surface area contributed by atoms with Gasteiger partial charge >= 0.3 is 0 Å². The van der Waals surface area contributed by atoms with Crippen LogP contribution in [0, 0.1) is 0 Å². The molecule has 0 saturated carbocycles. The molecule has 188 valence electrons. The summed E-state index contributed by atoms with van der Waals surface area (Å²) in [5.74, 6) is 0. The van der Waals surface area contributed by atoms with Crippen molar-refractivity contribution in [2.75, 3.05) is 0 Å². The molecule has 1 unspecified atom stereocenters. The second-order valence-electron chi connectivity index (χ2n) is 10.7. The molecule has 0 N–H and O–H groups in total. The number of pyridine rings is 1. The van der Waals surface area contributed by atoms with Gasteiger partial charge in [-0.3, -0.25) is 4.99 Å². The fourth-order valence-electron chi connectivity index (χ4n) is 6.90. The van der Waals surface area contributed by atoms with Crippen LogP contribution >= 0.6 is 0 Å². The molecule has 0 bridgehead atoms. The zero-order valence-electron chi connectivity index (χ0n) is 21.8. The number of rotatable bonds is 2.